The minimum atomic E-state index is -1.17. The molecular weight excluding hydrogens is 278 g/mol. The third kappa shape index (κ3) is 4.16. The molecule has 8 heteroatoms. The normalized spacial score (nSPS) is 12.0. The number of carbonyl (C=O) groups is 2. The molecule has 0 spiro atoms. The van der Waals surface area contributed by atoms with Crippen LogP contribution in [0.2, 0.25) is 0 Å². The van der Waals surface area contributed by atoms with Gasteiger partial charge >= 0.3 is 5.97 Å². The number of carboxylic acids is 1. The highest BCUT2D eigenvalue weighted by Crippen LogP contribution is 2.24. The molecule has 0 aliphatic heterocycles. The van der Waals surface area contributed by atoms with Crippen molar-refractivity contribution in [1.82, 2.24) is 5.32 Å². The summed E-state index contributed by atoms with van der Waals surface area (Å²) in [7, 11) is 0. The van der Waals surface area contributed by atoms with Gasteiger partial charge in [0, 0.05) is 6.07 Å². The summed E-state index contributed by atoms with van der Waals surface area (Å²) in [5.41, 5.74) is 4.80. The zero-order valence-electron chi connectivity index (χ0n) is 11.7. The summed E-state index contributed by atoms with van der Waals surface area (Å²) < 4.78 is 0. The van der Waals surface area contributed by atoms with Gasteiger partial charge in [0.15, 0.2) is 0 Å². The number of rotatable bonds is 6. The van der Waals surface area contributed by atoms with Crippen molar-refractivity contribution in [3.05, 3.63) is 33.9 Å². The Kier molecular flexibility index (Phi) is 5.23. The number of benzene rings is 1. The SMILES string of the molecule is CC(C)CC(NC(=O)c1cccc([N+](=O)[O-])c1N)C(=O)O. The molecule has 0 saturated carbocycles. The molecule has 0 radical (unpaired) electrons. The monoisotopic (exact) mass is 295 g/mol. The van der Waals surface area contributed by atoms with E-state index in [1.165, 1.54) is 18.2 Å². The number of anilines is 1. The first kappa shape index (κ1) is 16.4. The lowest BCUT2D eigenvalue weighted by Gasteiger charge is -2.17. The van der Waals surface area contributed by atoms with Gasteiger partial charge in [0.1, 0.15) is 11.7 Å². The molecule has 1 aromatic carbocycles. The molecule has 1 rings (SSSR count). The van der Waals surface area contributed by atoms with E-state index in [0.29, 0.717) is 0 Å². The highest BCUT2D eigenvalue weighted by Gasteiger charge is 2.24. The van der Waals surface area contributed by atoms with Crippen LogP contribution in [0.1, 0.15) is 30.6 Å². The smallest absolute Gasteiger partial charge is 0.326 e. The van der Waals surface area contributed by atoms with Crippen molar-refractivity contribution >= 4 is 23.3 Å². The van der Waals surface area contributed by atoms with Crippen LogP contribution in [-0.2, 0) is 4.79 Å². The number of nitro groups is 1. The van der Waals surface area contributed by atoms with Gasteiger partial charge in [0.2, 0.25) is 0 Å². The van der Waals surface area contributed by atoms with Gasteiger partial charge in [-0.2, -0.15) is 0 Å². The third-order valence-electron chi connectivity index (χ3n) is 2.83. The molecule has 0 aliphatic rings. The van der Waals surface area contributed by atoms with Gasteiger partial charge in [-0.05, 0) is 18.4 Å². The molecule has 21 heavy (non-hydrogen) atoms. The van der Waals surface area contributed by atoms with Crippen LogP contribution in [-0.4, -0.2) is 27.9 Å². The molecule has 1 amide bonds. The predicted molar refractivity (Wildman–Crippen MR) is 75.9 cm³/mol. The van der Waals surface area contributed by atoms with E-state index in [0.717, 1.165) is 0 Å². The van der Waals surface area contributed by atoms with Crippen LogP contribution in [0.4, 0.5) is 11.4 Å². The molecule has 0 heterocycles. The quantitative estimate of drug-likeness (QED) is 0.412. The van der Waals surface area contributed by atoms with Gasteiger partial charge in [0.05, 0.1) is 10.5 Å². The van der Waals surface area contributed by atoms with Crippen LogP contribution in [0.5, 0.6) is 0 Å². The number of nitrogen functional groups attached to an aromatic ring is 1. The molecular formula is C13H17N3O5. The summed E-state index contributed by atoms with van der Waals surface area (Å²) in [6, 6.07) is 2.74. The molecule has 0 bridgehead atoms. The minimum Gasteiger partial charge on any atom is -0.480 e. The van der Waals surface area contributed by atoms with Crippen molar-refractivity contribution in [2.75, 3.05) is 5.73 Å². The number of amides is 1. The highest BCUT2D eigenvalue weighted by molar-refractivity contribution is 6.02. The number of nitrogens with one attached hydrogen (secondary N) is 1. The van der Waals surface area contributed by atoms with E-state index in [9.17, 15) is 19.7 Å². The van der Waals surface area contributed by atoms with Gasteiger partial charge < -0.3 is 16.2 Å². The molecule has 1 unspecified atom stereocenters. The van der Waals surface area contributed by atoms with Gasteiger partial charge in [-0.3, -0.25) is 14.9 Å². The van der Waals surface area contributed by atoms with E-state index in [4.69, 9.17) is 10.8 Å². The summed E-state index contributed by atoms with van der Waals surface area (Å²) in [4.78, 5) is 33.2. The first-order chi connectivity index (χ1) is 9.73. The van der Waals surface area contributed by atoms with Gasteiger partial charge in [0.25, 0.3) is 11.6 Å². The number of carboxylic acid groups (broad SMARTS) is 1. The van der Waals surface area contributed by atoms with E-state index >= 15 is 0 Å². The number of hydrogen-bond donors (Lipinski definition) is 3. The topological polar surface area (TPSA) is 136 Å². The average Bonchev–Trinajstić information content (AvgIpc) is 2.36. The largest absolute Gasteiger partial charge is 0.480 e. The second kappa shape index (κ2) is 6.69. The van der Waals surface area contributed by atoms with E-state index in [2.05, 4.69) is 5.32 Å². The summed E-state index contributed by atoms with van der Waals surface area (Å²) in [6.45, 7) is 3.65. The second-order valence-electron chi connectivity index (χ2n) is 4.99. The zero-order chi connectivity index (χ0) is 16.2. The Morgan fingerprint density at radius 1 is 1.43 bits per heavy atom. The van der Waals surface area contributed by atoms with Crippen molar-refractivity contribution in [3.63, 3.8) is 0 Å². The maximum Gasteiger partial charge on any atom is 0.326 e. The predicted octanol–water partition coefficient (Wildman–Crippen LogP) is 1.41. The summed E-state index contributed by atoms with van der Waals surface area (Å²) >= 11 is 0. The maximum absolute atomic E-state index is 12.1. The van der Waals surface area contributed by atoms with Crippen molar-refractivity contribution < 1.29 is 19.6 Å². The Morgan fingerprint density at radius 2 is 2.05 bits per heavy atom. The summed E-state index contributed by atoms with van der Waals surface area (Å²) in [6.07, 6.45) is 0.246. The Bertz CT molecular complexity index is 571. The van der Waals surface area contributed by atoms with Gasteiger partial charge in [-0.25, -0.2) is 4.79 Å². The fraction of sp³-hybridized carbons (Fsp3) is 0.385. The lowest BCUT2D eigenvalue weighted by atomic mass is 10.0. The van der Waals surface area contributed by atoms with Crippen molar-refractivity contribution in [2.45, 2.75) is 26.3 Å². The van der Waals surface area contributed by atoms with Crippen LogP contribution in [0.15, 0.2) is 18.2 Å². The number of carbonyl (C=O) groups excluding carboxylic acids is 1. The van der Waals surface area contributed by atoms with E-state index in [1.807, 2.05) is 13.8 Å². The minimum absolute atomic E-state index is 0.0638. The average molecular weight is 295 g/mol. The number of nitrogens with two attached hydrogens (primary N) is 1. The van der Waals surface area contributed by atoms with Crippen LogP contribution >= 0.6 is 0 Å². The van der Waals surface area contributed by atoms with E-state index < -0.39 is 28.5 Å². The molecule has 114 valence electrons. The van der Waals surface area contributed by atoms with Gasteiger partial charge in [-0.1, -0.05) is 19.9 Å². The molecule has 4 N–H and O–H groups in total. The Hall–Kier alpha value is -2.64. The van der Waals surface area contributed by atoms with Crippen LogP contribution in [0.3, 0.4) is 0 Å². The lowest BCUT2D eigenvalue weighted by molar-refractivity contribution is -0.383. The Balaban J connectivity index is 3.01. The number of nitrogens with zero attached hydrogens (tertiary/aromatic N) is 1. The lowest BCUT2D eigenvalue weighted by Crippen LogP contribution is -2.41. The van der Waals surface area contributed by atoms with Crippen LogP contribution < -0.4 is 11.1 Å². The summed E-state index contributed by atoms with van der Waals surface area (Å²) in [5, 5.41) is 22.2. The Labute approximate surface area is 121 Å². The zero-order valence-corrected chi connectivity index (χ0v) is 11.7. The number of para-hydroxylation sites is 1. The first-order valence-corrected chi connectivity index (χ1v) is 6.30. The number of aliphatic carboxylic acids is 1. The molecule has 0 fully saturated rings. The van der Waals surface area contributed by atoms with Crippen molar-refractivity contribution in [3.8, 4) is 0 Å². The molecule has 1 atom stereocenters. The molecule has 1 aromatic rings. The third-order valence-corrected chi connectivity index (χ3v) is 2.83. The fourth-order valence-corrected chi connectivity index (χ4v) is 1.84. The van der Waals surface area contributed by atoms with Gasteiger partial charge in [-0.15, -0.1) is 0 Å². The van der Waals surface area contributed by atoms with E-state index in [1.54, 1.807) is 0 Å². The molecule has 0 aliphatic carbocycles. The Morgan fingerprint density at radius 3 is 2.52 bits per heavy atom. The van der Waals surface area contributed by atoms with Crippen LogP contribution in [0.25, 0.3) is 0 Å². The number of nitro benzene ring substituents is 1. The number of hydrogen-bond acceptors (Lipinski definition) is 5. The maximum atomic E-state index is 12.1. The van der Waals surface area contributed by atoms with E-state index in [-0.39, 0.29) is 23.6 Å². The standard InChI is InChI=1S/C13H17N3O5/c1-7(2)6-9(13(18)19)15-12(17)8-4-3-5-10(11(8)14)16(20)21/h3-5,7,9H,6,14H2,1-2H3,(H,15,17)(H,18,19). The molecule has 0 saturated heterocycles. The molecule has 8 nitrogen and oxygen atoms in total. The fourth-order valence-electron chi connectivity index (χ4n) is 1.84. The van der Waals surface area contributed by atoms with Crippen molar-refractivity contribution in [1.29, 1.82) is 0 Å². The summed E-state index contributed by atoms with van der Waals surface area (Å²) in [5.74, 6) is -1.85. The highest BCUT2D eigenvalue weighted by atomic mass is 16.6. The van der Waals surface area contributed by atoms with Crippen molar-refractivity contribution in [2.24, 2.45) is 5.92 Å². The van der Waals surface area contributed by atoms with Crippen LogP contribution in [0, 0.1) is 16.0 Å². The first-order valence-electron chi connectivity index (χ1n) is 6.30. The molecule has 0 aromatic heterocycles. The second-order valence-corrected chi connectivity index (χ2v) is 4.99.